The van der Waals surface area contributed by atoms with Crippen molar-refractivity contribution >= 4 is 44.4 Å². The first-order valence-corrected chi connectivity index (χ1v) is 14.4. The second-order valence-electron chi connectivity index (χ2n) is 9.86. The maximum absolute atomic E-state index is 12.6. The monoisotopic (exact) mass is 551 g/mol. The van der Waals surface area contributed by atoms with Crippen LogP contribution in [0.15, 0.2) is 48.5 Å². The van der Waals surface area contributed by atoms with Gasteiger partial charge in [-0.25, -0.2) is 10.5 Å². The number of amides is 3. The van der Waals surface area contributed by atoms with Crippen LogP contribution < -0.4 is 10.8 Å². The Bertz CT molecular complexity index is 1240. The molecule has 1 fully saturated rings. The Labute approximate surface area is 233 Å². The van der Waals surface area contributed by atoms with E-state index in [0.717, 1.165) is 47.0 Å². The van der Waals surface area contributed by atoms with Gasteiger partial charge >= 0.3 is 0 Å². The molecule has 1 aliphatic heterocycles. The molecule has 208 valence electrons. The Hall–Kier alpha value is -3.34. The second kappa shape index (κ2) is 14.7. The van der Waals surface area contributed by atoms with Gasteiger partial charge in [0.25, 0.3) is 0 Å². The molecule has 2 heterocycles. The number of thiazole rings is 1. The van der Waals surface area contributed by atoms with Crippen molar-refractivity contribution in [3.63, 3.8) is 0 Å². The largest absolute Gasteiger partial charge is 0.340 e. The van der Waals surface area contributed by atoms with Gasteiger partial charge in [0.2, 0.25) is 17.7 Å². The van der Waals surface area contributed by atoms with Gasteiger partial charge in [-0.2, -0.15) is 0 Å². The van der Waals surface area contributed by atoms with E-state index >= 15 is 0 Å². The summed E-state index contributed by atoms with van der Waals surface area (Å²) in [5.74, 6) is -0.0392. The minimum Gasteiger partial charge on any atom is -0.340 e. The van der Waals surface area contributed by atoms with Crippen LogP contribution in [0.1, 0.15) is 49.7 Å². The quantitative estimate of drug-likeness (QED) is 0.243. The van der Waals surface area contributed by atoms with Crippen LogP contribution in [0.3, 0.4) is 0 Å². The molecule has 4 rings (SSSR count). The first-order chi connectivity index (χ1) is 19.0. The Morgan fingerprint density at radius 1 is 0.897 bits per heavy atom. The highest BCUT2D eigenvalue weighted by Crippen LogP contribution is 2.27. The average Bonchev–Trinajstić information content (AvgIpc) is 3.35. The van der Waals surface area contributed by atoms with E-state index in [2.05, 4.69) is 20.7 Å². The highest BCUT2D eigenvalue weighted by molar-refractivity contribution is 7.22. The third-order valence-corrected chi connectivity index (χ3v) is 7.71. The van der Waals surface area contributed by atoms with Crippen LogP contribution in [0.4, 0.5) is 5.13 Å². The van der Waals surface area contributed by atoms with Crippen molar-refractivity contribution in [2.75, 3.05) is 38.0 Å². The van der Waals surface area contributed by atoms with Gasteiger partial charge in [-0.05, 0) is 37.0 Å². The molecule has 1 aliphatic rings. The SMILES string of the molecule is Cc1cccc2sc(NC(=O)CN3CCN(C(=O)CCCCCCC(=O)NOCc4ccccc4)CC3)nc12. The van der Waals surface area contributed by atoms with E-state index in [-0.39, 0.29) is 17.7 Å². The van der Waals surface area contributed by atoms with Crippen LogP contribution >= 0.6 is 11.3 Å². The third kappa shape index (κ3) is 9.12. The summed E-state index contributed by atoms with van der Waals surface area (Å²) >= 11 is 1.48. The zero-order chi connectivity index (χ0) is 27.5. The van der Waals surface area contributed by atoms with Gasteiger partial charge in [-0.1, -0.05) is 66.6 Å². The predicted molar refractivity (Wildman–Crippen MR) is 153 cm³/mol. The predicted octanol–water partition coefficient (Wildman–Crippen LogP) is 4.28. The van der Waals surface area contributed by atoms with Crippen LogP contribution in [0.2, 0.25) is 0 Å². The fourth-order valence-electron chi connectivity index (χ4n) is 4.56. The molecule has 3 aromatic rings. The van der Waals surface area contributed by atoms with E-state index < -0.39 is 0 Å². The molecule has 1 aromatic heterocycles. The number of hydroxylamine groups is 1. The van der Waals surface area contributed by atoms with E-state index in [4.69, 9.17) is 4.84 Å². The van der Waals surface area contributed by atoms with E-state index in [0.29, 0.717) is 57.3 Å². The summed E-state index contributed by atoms with van der Waals surface area (Å²) in [6.45, 7) is 5.28. The van der Waals surface area contributed by atoms with Crippen molar-refractivity contribution in [1.82, 2.24) is 20.3 Å². The maximum atomic E-state index is 12.6. The second-order valence-corrected chi connectivity index (χ2v) is 10.9. The number of hydrogen-bond donors (Lipinski definition) is 2. The summed E-state index contributed by atoms with van der Waals surface area (Å²) in [5.41, 5.74) is 5.52. The number of carbonyl (C=O) groups excluding carboxylic acids is 3. The molecule has 0 radical (unpaired) electrons. The average molecular weight is 552 g/mol. The zero-order valence-corrected chi connectivity index (χ0v) is 23.3. The molecule has 0 bridgehead atoms. The molecule has 2 N–H and O–H groups in total. The maximum Gasteiger partial charge on any atom is 0.243 e. The van der Waals surface area contributed by atoms with Crippen molar-refractivity contribution in [2.45, 2.75) is 52.1 Å². The number of anilines is 1. The molecule has 1 saturated heterocycles. The lowest BCUT2D eigenvalue weighted by molar-refractivity contribution is -0.135. The molecule has 3 amide bonds. The topological polar surface area (TPSA) is 104 Å². The number of piperazine rings is 1. The zero-order valence-electron chi connectivity index (χ0n) is 22.5. The van der Waals surface area contributed by atoms with Crippen molar-refractivity contribution < 1.29 is 19.2 Å². The van der Waals surface area contributed by atoms with Crippen LogP contribution in [0.5, 0.6) is 0 Å². The van der Waals surface area contributed by atoms with E-state index in [9.17, 15) is 14.4 Å². The van der Waals surface area contributed by atoms with Crippen LogP contribution in [-0.2, 0) is 25.8 Å². The van der Waals surface area contributed by atoms with Crippen LogP contribution in [0, 0.1) is 6.92 Å². The molecule has 2 aromatic carbocycles. The number of rotatable bonds is 13. The Morgan fingerprint density at radius 3 is 2.38 bits per heavy atom. The fraction of sp³-hybridized carbons (Fsp3) is 0.448. The minimum atomic E-state index is -0.122. The molecule has 0 atom stereocenters. The van der Waals surface area contributed by atoms with E-state index in [1.165, 1.54) is 11.3 Å². The Balaban J connectivity index is 1.03. The van der Waals surface area contributed by atoms with E-state index in [1.54, 1.807) is 0 Å². The number of nitrogens with zero attached hydrogens (tertiary/aromatic N) is 3. The first kappa shape index (κ1) is 28.7. The van der Waals surface area contributed by atoms with Crippen molar-refractivity contribution in [3.05, 3.63) is 59.7 Å². The van der Waals surface area contributed by atoms with Crippen LogP contribution in [-0.4, -0.2) is 65.2 Å². The lowest BCUT2D eigenvalue weighted by Crippen LogP contribution is -2.50. The van der Waals surface area contributed by atoms with Crippen molar-refractivity contribution in [2.24, 2.45) is 0 Å². The number of aromatic nitrogens is 1. The number of benzene rings is 2. The third-order valence-electron chi connectivity index (χ3n) is 6.77. The van der Waals surface area contributed by atoms with Gasteiger partial charge in [0.15, 0.2) is 5.13 Å². The summed E-state index contributed by atoms with van der Waals surface area (Å²) in [5, 5.41) is 3.54. The standard InChI is InChI=1S/C29H37N5O4S/c1-22-10-9-13-24-28(22)31-29(39-24)30-26(36)20-33-16-18-34(19-17-33)27(37)15-8-3-2-7-14-25(35)32-38-21-23-11-5-4-6-12-23/h4-6,9-13H,2-3,7-8,14-21H2,1H3,(H,32,35)(H,30,31,36). The molecule has 39 heavy (non-hydrogen) atoms. The van der Waals surface area contributed by atoms with Crippen molar-refractivity contribution in [1.29, 1.82) is 0 Å². The molecule has 0 saturated carbocycles. The smallest absolute Gasteiger partial charge is 0.243 e. The highest BCUT2D eigenvalue weighted by Gasteiger charge is 2.22. The Kier molecular flexibility index (Phi) is 10.8. The number of carbonyl (C=O) groups is 3. The number of unbranched alkanes of at least 4 members (excludes halogenated alkanes) is 3. The normalized spacial score (nSPS) is 13.9. The minimum absolute atomic E-state index is 0.0806. The van der Waals surface area contributed by atoms with Gasteiger partial charge in [0.05, 0.1) is 23.4 Å². The molecular formula is C29H37N5O4S. The fourth-order valence-corrected chi connectivity index (χ4v) is 5.52. The molecular weight excluding hydrogens is 514 g/mol. The van der Waals surface area contributed by atoms with Gasteiger partial charge in [0, 0.05) is 39.0 Å². The summed E-state index contributed by atoms with van der Waals surface area (Å²) in [6.07, 6.45) is 4.33. The number of nitrogens with one attached hydrogen (secondary N) is 2. The molecule has 9 nitrogen and oxygen atoms in total. The summed E-state index contributed by atoms with van der Waals surface area (Å²) in [4.78, 5) is 50.8. The summed E-state index contributed by atoms with van der Waals surface area (Å²) in [7, 11) is 0. The number of para-hydroxylation sites is 1. The molecule has 10 heteroatoms. The van der Waals surface area contributed by atoms with Crippen molar-refractivity contribution in [3.8, 4) is 0 Å². The number of hydrogen-bond acceptors (Lipinski definition) is 7. The number of fused-ring (bicyclic) bond motifs is 1. The van der Waals surface area contributed by atoms with Gasteiger partial charge in [-0.15, -0.1) is 0 Å². The first-order valence-electron chi connectivity index (χ1n) is 13.6. The Morgan fingerprint density at radius 2 is 1.64 bits per heavy atom. The van der Waals surface area contributed by atoms with E-state index in [1.807, 2.05) is 60.4 Å². The van der Waals surface area contributed by atoms with Gasteiger partial charge in [-0.3, -0.25) is 24.1 Å². The number of aryl methyl sites for hydroxylation is 1. The molecule has 0 aliphatic carbocycles. The lowest BCUT2D eigenvalue weighted by Gasteiger charge is -2.34. The molecule has 0 spiro atoms. The van der Waals surface area contributed by atoms with Gasteiger partial charge < -0.3 is 10.2 Å². The lowest BCUT2D eigenvalue weighted by atomic mass is 10.1. The highest BCUT2D eigenvalue weighted by atomic mass is 32.1. The molecule has 0 unspecified atom stereocenters. The summed E-state index contributed by atoms with van der Waals surface area (Å²) in [6, 6.07) is 15.7. The van der Waals surface area contributed by atoms with Gasteiger partial charge in [0.1, 0.15) is 0 Å². The van der Waals surface area contributed by atoms with Crippen LogP contribution in [0.25, 0.3) is 10.2 Å². The summed E-state index contributed by atoms with van der Waals surface area (Å²) < 4.78 is 1.06.